The third kappa shape index (κ3) is 3.03. The predicted molar refractivity (Wildman–Crippen MR) is 89.2 cm³/mol. The summed E-state index contributed by atoms with van der Waals surface area (Å²) in [6.07, 6.45) is 2.33. The molecule has 0 fully saturated rings. The molecule has 4 nitrogen and oxygen atoms in total. The van der Waals surface area contributed by atoms with Crippen molar-refractivity contribution in [3.8, 4) is 11.1 Å². The van der Waals surface area contributed by atoms with Gasteiger partial charge in [-0.1, -0.05) is 18.2 Å². The number of hydrogen-bond donors (Lipinski definition) is 2. The van der Waals surface area contributed by atoms with Gasteiger partial charge in [-0.15, -0.1) is 0 Å². The number of carbonyl (C=O) groups excluding carboxylic acids is 1. The lowest BCUT2D eigenvalue weighted by atomic mass is 9.98. The molecule has 0 bridgehead atoms. The second-order valence-corrected chi connectivity index (χ2v) is 4.96. The van der Waals surface area contributed by atoms with Crippen LogP contribution in [0.5, 0.6) is 0 Å². The number of pyridine rings is 1. The molecule has 0 radical (unpaired) electrons. The Balaban J connectivity index is 2.10. The van der Waals surface area contributed by atoms with E-state index in [-0.39, 0.29) is 0 Å². The third-order valence-corrected chi connectivity index (χ3v) is 3.45. The van der Waals surface area contributed by atoms with Crippen LogP contribution in [0.4, 0.5) is 21.6 Å². The molecule has 0 aliphatic rings. The quantitative estimate of drug-likeness (QED) is 0.714. The molecule has 0 aliphatic carbocycles. The fourth-order valence-electron chi connectivity index (χ4n) is 2.34. The molecule has 0 saturated carbocycles. The second-order valence-electron chi connectivity index (χ2n) is 4.96. The first-order valence-corrected chi connectivity index (χ1v) is 7.00. The number of nitrogen functional groups attached to an aromatic ring is 1. The summed E-state index contributed by atoms with van der Waals surface area (Å²) in [5, 5.41) is 3.14. The van der Waals surface area contributed by atoms with Crippen molar-refractivity contribution in [3.05, 3.63) is 72.2 Å². The standard InChI is InChI=1S/C18H14FN3O/c19-13-8-7-12(11-23)15(10-13)14-4-1-2-6-17(14)22-18-16(20)5-3-9-21-18/h1-11H,20H2,(H,21,22). The van der Waals surface area contributed by atoms with E-state index in [1.807, 2.05) is 24.3 Å². The Kier molecular flexibility index (Phi) is 4.01. The van der Waals surface area contributed by atoms with Crippen molar-refractivity contribution in [2.45, 2.75) is 0 Å². The molecule has 23 heavy (non-hydrogen) atoms. The summed E-state index contributed by atoms with van der Waals surface area (Å²) in [6.45, 7) is 0. The number of hydrogen-bond acceptors (Lipinski definition) is 4. The maximum absolute atomic E-state index is 13.6. The van der Waals surface area contributed by atoms with Crippen LogP contribution in [0, 0.1) is 5.82 Å². The minimum atomic E-state index is -0.405. The fraction of sp³-hybridized carbons (Fsp3) is 0. The van der Waals surface area contributed by atoms with E-state index in [0.717, 1.165) is 0 Å². The highest BCUT2D eigenvalue weighted by molar-refractivity contribution is 5.92. The zero-order valence-electron chi connectivity index (χ0n) is 12.2. The van der Waals surface area contributed by atoms with Gasteiger partial charge in [0.15, 0.2) is 12.1 Å². The maximum atomic E-state index is 13.6. The van der Waals surface area contributed by atoms with Gasteiger partial charge >= 0.3 is 0 Å². The summed E-state index contributed by atoms with van der Waals surface area (Å²) in [7, 11) is 0. The highest BCUT2D eigenvalue weighted by atomic mass is 19.1. The molecule has 5 heteroatoms. The highest BCUT2D eigenvalue weighted by Gasteiger charge is 2.11. The lowest BCUT2D eigenvalue weighted by Gasteiger charge is -2.14. The SMILES string of the molecule is Nc1cccnc1Nc1ccccc1-c1cc(F)ccc1C=O. The monoisotopic (exact) mass is 307 g/mol. The van der Waals surface area contributed by atoms with E-state index in [9.17, 15) is 9.18 Å². The molecule has 0 aliphatic heterocycles. The van der Waals surface area contributed by atoms with Gasteiger partial charge in [0.2, 0.25) is 0 Å². The minimum absolute atomic E-state index is 0.405. The molecule has 0 unspecified atom stereocenters. The molecule has 0 atom stereocenters. The molecule has 1 heterocycles. The minimum Gasteiger partial charge on any atom is -0.396 e. The topological polar surface area (TPSA) is 68.0 Å². The van der Waals surface area contributed by atoms with Crippen molar-refractivity contribution in [1.29, 1.82) is 0 Å². The number of anilines is 3. The second kappa shape index (κ2) is 6.27. The number of aromatic nitrogens is 1. The van der Waals surface area contributed by atoms with E-state index in [1.165, 1.54) is 18.2 Å². The fourth-order valence-corrected chi connectivity index (χ4v) is 2.34. The average Bonchev–Trinajstić information content (AvgIpc) is 2.57. The van der Waals surface area contributed by atoms with E-state index in [2.05, 4.69) is 10.3 Å². The van der Waals surface area contributed by atoms with Crippen LogP contribution in [0.2, 0.25) is 0 Å². The lowest BCUT2D eigenvalue weighted by molar-refractivity contribution is 0.112. The number of para-hydroxylation sites is 1. The highest BCUT2D eigenvalue weighted by Crippen LogP contribution is 2.33. The van der Waals surface area contributed by atoms with Gasteiger partial charge in [0.25, 0.3) is 0 Å². The molecule has 0 saturated heterocycles. The van der Waals surface area contributed by atoms with Crippen LogP contribution >= 0.6 is 0 Å². The van der Waals surface area contributed by atoms with Crippen molar-refractivity contribution < 1.29 is 9.18 Å². The van der Waals surface area contributed by atoms with Crippen molar-refractivity contribution in [2.24, 2.45) is 0 Å². The molecule has 3 rings (SSSR count). The Labute approximate surface area is 132 Å². The van der Waals surface area contributed by atoms with E-state index in [0.29, 0.717) is 40.2 Å². The number of halogens is 1. The molecular weight excluding hydrogens is 293 g/mol. The van der Waals surface area contributed by atoms with E-state index < -0.39 is 5.82 Å². The van der Waals surface area contributed by atoms with Gasteiger partial charge < -0.3 is 11.1 Å². The number of nitrogens with two attached hydrogens (primary N) is 1. The molecule has 2 aromatic carbocycles. The molecule has 3 N–H and O–H groups in total. The number of carbonyl (C=O) groups is 1. The van der Waals surface area contributed by atoms with E-state index >= 15 is 0 Å². The van der Waals surface area contributed by atoms with Gasteiger partial charge in [-0.25, -0.2) is 9.37 Å². The number of nitrogens with one attached hydrogen (secondary N) is 1. The number of aldehydes is 1. The molecular formula is C18H14FN3O. The number of rotatable bonds is 4. The third-order valence-electron chi connectivity index (χ3n) is 3.45. The summed E-state index contributed by atoms with van der Waals surface area (Å²) < 4.78 is 13.6. The number of benzene rings is 2. The molecule has 0 amide bonds. The van der Waals surface area contributed by atoms with Crippen molar-refractivity contribution >= 4 is 23.5 Å². The van der Waals surface area contributed by atoms with Gasteiger partial charge in [-0.2, -0.15) is 0 Å². The van der Waals surface area contributed by atoms with Crippen molar-refractivity contribution in [2.75, 3.05) is 11.1 Å². The molecule has 0 spiro atoms. The van der Waals surface area contributed by atoms with E-state index in [1.54, 1.807) is 18.3 Å². The van der Waals surface area contributed by atoms with Gasteiger partial charge in [-0.3, -0.25) is 4.79 Å². The Bertz CT molecular complexity index is 864. The van der Waals surface area contributed by atoms with Crippen LogP contribution in [0.25, 0.3) is 11.1 Å². The summed E-state index contributed by atoms with van der Waals surface area (Å²) in [4.78, 5) is 15.4. The van der Waals surface area contributed by atoms with Crippen LogP contribution in [0.1, 0.15) is 10.4 Å². The van der Waals surface area contributed by atoms with Crippen molar-refractivity contribution in [1.82, 2.24) is 4.98 Å². The average molecular weight is 307 g/mol. The lowest BCUT2D eigenvalue weighted by Crippen LogP contribution is -2.00. The normalized spacial score (nSPS) is 10.3. The molecule has 114 valence electrons. The summed E-state index contributed by atoms with van der Waals surface area (Å²) in [6, 6.07) is 14.8. The van der Waals surface area contributed by atoms with Crippen LogP contribution in [0.3, 0.4) is 0 Å². The largest absolute Gasteiger partial charge is 0.396 e. The summed E-state index contributed by atoms with van der Waals surface area (Å²) >= 11 is 0. The van der Waals surface area contributed by atoms with Crippen molar-refractivity contribution in [3.63, 3.8) is 0 Å². The van der Waals surface area contributed by atoms with Gasteiger partial charge in [0.05, 0.1) is 5.69 Å². The first-order chi connectivity index (χ1) is 11.2. The summed E-state index contributed by atoms with van der Waals surface area (Å²) in [5.74, 6) is 0.0989. The Morgan fingerprint density at radius 1 is 1.04 bits per heavy atom. The van der Waals surface area contributed by atoms with Crippen LogP contribution in [0.15, 0.2) is 60.8 Å². The van der Waals surface area contributed by atoms with Gasteiger partial charge in [-0.05, 0) is 42.0 Å². The predicted octanol–water partition coefficient (Wildman–Crippen LogP) is 4.03. The van der Waals surface area contributed by atoms with Crippen LogP contribution in [-0.2, 0) is 0 Å². The zero-order valence-corrected chi connectivity index (χ0v) is 12.2. The Morgan fingerprint density at radius 2 is 1.87 bits per heavy atom. The first kappa shape index (κ1) is 14.7. The smallest absolute Gasteiger partial charge is 0.153 e. The Morgan fingerprint density at radius 3 is 2.65 bits per heavy atom. The number of nitrogens with zero attached hydrogens (tertiary/aromatic N) is 1. The van der Waals surface area contributed by atoms with E-state index in [4.69, 9.17) is 5.73 Å². The summed E-state index contributed by atoms with van der Waals surface area (Å²) in [5.41, 5.74) is 8.70. The van der Waals surface area contributed by atoms with Crippen LogP contribution in [-0.4, -0.2) is 11.3 Å². The zero-order chi connectivity index (χ0) is 16.2. The Hall–Kier alpha value is -3.21. The van der Waals surface area contributed by atoms with Crippen LogP contribution < -0.4 is 11.1 Å². The molecule has 1 aromatic heterocycles. The maximum Gasteiger partial charge on any atom is 0.153 e. The first-order valence-electron chi connectivity index (χ1n) is 7.00. The van der Waals surface area contributed by atoms with Gasteiger partial charge in [0, 0.05) is 23.0 Å². The van der Waals surface area contributed by atoms with Gasteiger partial charge in [0.1, 0.15) is 5.82 Å². The molecule has 3 aromatic rings.